The van der Waals surface area contributed by atoms with E-state index >= 15 is 0 Å². The molecule has 8 heteroatoms. The van der Waals surface area contributed by atoms with Crippen molar-refractivity contribution >= 4 is 41.5 Å². The number of halogens is 1. The number of piperidine rings is 1. The number of methoxy groups -OCH3 is 1. The van der Waals surface area contributed by atoms with E-state index in [1.807, 2.05) is 53.4 Å². The summed E-state index contributed by atoms with van der Waals surface area (Å²) in [4.78, 5) is 18.9. The maximum Gasteiger partial charge on any atom is 0.253 e. The molecule has 0 bridgehead atoms. The predicted octanol–water partition coefficient (Wildman–Crippen LogP) is 4.53. The van der Waals surface area contributed by atoms with Gasteiger partial charge < -0.3 is 25.0 Å². The van der Waals surface area contributed by atoms with E-state index in [1.165, 1.54) is 6.42 Å². The molecule has 1 aliphatic heterocycles. The Hall–Kier alpha value is -2.33. The lowest BCUT2D eigenvalue weighted by Gasteiger charge is -2.26. The Balaban J connectivity index is 0.00000385. The van der Waals surface area contributed by atoms with Crippen LogP contribution < -0.4 is 15.4 Å². The van der Waals surface area contributed by atoms with E-state index in [-0.39, 0.29) is 29.9 Å². The summed E-state index contributed by atoms with van der Waals surface area (Å²) >= 11 is 0. The van der Waals surface area contributed by atoms with Crippen molar-refractivity contribution in [2.24, 2.45) is 4.99 Å². The highest BCUT2D eigenvalue weighted by Gasteiger charge is 2.17. The number of rotatable bonds is 9. The zero-order valence-electron chi connectivity index (χ0n) is 19.5. The minimum absolute atomic E-state index is 0. The number of benzene rings is 2. The maximum atomic E-state index is 12.6. The molecular formula is C25H35IN4O3. The third-order valence-corrected chi connectivity index (χ3v) is 5.39. The van der Waals surface area contributed by atoms with Crippen LogP contribution >= 0.6 is 24.0 Å². The fourth-order valence-corrected chi connectivity index (χ4v) is 3.60. The molecule has 2 aromatic rings. The van der Waals surface area contributed by atoms with Crippen LogP contribution in [0.25, 0.3) is 0 Å². The van der Waals surface area contributed by atoms with Crippen LogP contribution in [0.1, 0.15) is 41.6 Å². The molecule has 33 heavy (non-hydrogen) atoms. The zero-order chi connectivity index (χ0) is 22.6. The lowest BCUT2D eigenvalue weighted by molar-refractivity contribution is 0.0724. The van der Waals surface area contributed by atoms with Crippen molar-refractivity contribution in [3.05, 3.63) is 59.7 Å². The number of ether oxygens (including phenoxy) is 2. The van der Waals surface area contributed by atoms with Crippen LogP contribution in [0.4, 0.5) is 5.69 Å². The molecule has 0 aliphatic carbocycles. The molecule has 1 heterocycles. The number of aliphatic imine (C=N–C) groups is 1. The van der Waals surface area contributed by atoms with Gasteiger partial charge in [-0.25, -0.2) is 0 Å². The molecule has 0 saturated carbocycles. The lowest BCUT2D eigenvalue weighted by atomic mass is 10.1. The Bertz CT molecular complexity index is 883. The van der Waals surface area contributed by atoms with Crippen molar-refractivity contribution in [3.8, 4) is 5.75 Å². The van der Waals surface area contributed by atoms with Crippen molar-refractivity contribution in [1.82, 2.24) is 10.2 Å². The van der Waals surface area contributed by atoms with Gasteiger partial charge in [0.25, 0.3) is 5.91 Å². The van der Waals surface area contributed by atoms with E-state index < -0.39 is 0 Å². The number of nitrogens with one attached hydrogen (secondary N) is 2. The second-order valence-corrected chi connectivity index (χ2v) is 7.82. The molecule has 180 valence electrons. The van der Waals surface area contributed by atoms with Gasteiger partial charge in [0.1, 0.15) is 5.75 Å². The number of nitrogens with zero attached hydrogens (tertiary/aromatic N) is 2. The summed E-state index contributed by atoms with van der Waals surface area (Å²) in [7, 11) is 3.42. The van der Waals surface area contributed by atoms with Crippen LogP contribution in [-0.2, 0) is 11.3 Å². The monoisotopic (exact) mass is 566 g/mol. The lowest BCUT2D eigenvalue weighted by Crippen LogP contribution is -2.35. The molecule has 1 aliphatic rings. The van der Waals surface area contributed by atoms with Crippen molar-refractivity contribution in [2.75, 3.05) is 45.8 Å². The van der Waals surface area contributed by atoms with E-state index in [0.717, 1.165) is 54.9 Å². The van der Waals surface area contributed by atoms with E-state index in [0.29, 0.717) is 25.7 Å². The van der Waals surface area contributed by atoms with Gasteiger partial charge in [0, 0.05) is 64.1 Å². The van der Waals surface area contributed by atoms with E-state index in [9.17, 15) is 4.79 Å². The summed E-state index contributed by atoms with van der Waals surface area (Å²) < 4.78 is 10.8. The van der Waals surface area contributed by atoms with Gasteiger partial charge in [0.15, 0.2) is 5.96 Å². The van der Waals surface area contributed by atoms with E-state index in [2.05, 4.69) is 15.6 Å². The SMILES string of the molecule is CN=C(NCc1ccc(C(=O)N2CCCCC2)cc1)Nc1cccc(OCCCOC)c1.I. The molecule has 1 saturated heterocycles. The molecule has 2 N–H and O–H groups in total. The molecule has 0 unspecified atom stereocenters. The summed E-state index contributed by atoms with van der Waals surface area (Å²) in [5, 5.41) is 6.60. The van der Waals surface area contributed by atoms with Crippen molar-refractivity contribution in [3.63, 3.8) is 0 Å². The third-order valence-electron chi connectivity index (χ3n) is 5.39. The number of likely N-dealkylation sites (tertiary alicyclic amines) is 1. The largest absolute Gasteiger partial charge is 0.493 e. The molecule has 2 aromatic carbocycles. The molecule has 0 radical (unpaired) electrons. The zero-order valence-corrected chi connectivity index (χ0v) is 21.8. The number of amides is 1. The fraction of sp³-hybridized carbons (Fsp3) is 0.440. The first-order chi connectivity index (χ1) is 15.7. The molecule has 7 nitrogen and oxygen atoms in total. The Morgan fingerprint density at radius 3 is 2.52 bits per heavy atom. The summed E-state index contributed by atoms with van der Waals surface area (Å²) in [5.74, 6) is 1.59. The Morgan fingerprint density at radius 2 is 1.82 bits per heavy atom. The second-order valence-electron chi connectivity index (χ2n) is 7.82. The van der Waals surface area contributed by atoms with E-state index in [4.69, 9.17) is 9.47 Å². The molecule has 0 spiro atoms. The van der Waals surface area contributed by atoms with Gasteiger partial charge in [-0.05, 0) is 49.1 Å². The van der Waals surface area contributed by atoms with Gasteiger partial charge in [-0.3, -0.25) is 9.79 Å². The van der Waals surface area contributed by atoms with Gasteiger partial charge >= 0.3 is 0 Å². The summed E-state index contributed by atoms with van der Waals surface area (Å²) in [6.45, 7) is 3.63. The van der Waals surface area contributed by atoms with Gasteiger partial charge in [-0.1, -0.05) is 18.2 Å². The highest BCUT2D eigenvalue weighted by Crippen LogP contribution is 2.18. The van der Waals surface area contributed by atoms with Crippen molar-refractivity contribution < 1.29 is 14.3 Å². The van der Waals surface area contributed by atoms with Gasteiger partial charge in [0.05, 0.1) is 6.61 Å². The van der Waals surface area contributed by atoms with Crippen molar-refractivity contribution in [1.29, 1.82) is 0 Å². The number of hydrogen-bond acceptors (Lipinski definition) is 4. The normalized spacial score (nSPS) is 13.8. The minimum atomic E-state index is 0. The first kappa shape index (κ1) is 26.9. The number of carbonyl (C=O) groups excluding carboxylic acids is 1. The van der Waals surface area contributed by atoms with E-state index in [1.54, 1.807) is 14.2 Å². The highest BCUT2D eigenvalue weighted by atomic mass is 127. The second kappa shape index (κ2) is 14.7. The van der Waals surface area contributed by atoms with Crippen LogP contribution in [-0.4, -0.2) is 57.2 Å². The first-order valence-corrected chi connectivity index (χ1v) is 11.3. The van der Waals surface area contributed by atoms with Crippen molar-refractivity contribution in [2.45, 2.75) is 32.2 Å². The molecule has 0 atom stereocenters. The number of carbonyl (C=O) groups is 1. The standard InChI is InChI=1S/C25H34N4O3.HI/c1-26-25(28-22-8-6-9-23(18-22)32-17-7-16-31-2)27-19-20-10-12-21(13-11-20)24(30)29-14-4-3-5-15-29;/h6,8-13,18H,3-5,7,14-17,19H2,1-2H3,(H2,26,27,28);1H. The predicted molar refractivity (Wildman–Crippen MR) is 144 cm³/mol. The highest BCUT2D eigenvalue weighted by molar-refractivity contribution is 14.0. The van der Waals surface area contributed by atoms with Gasteiger partial charge in [0.2, 0.25) is 0 Å². The van der Waals surface area contributed by atoms with Gasteiger partial charge in [-0.15, -0.1) is 24.0 Å². The maximum absolute atomic E-state index is 12.6. The Morgan fingerprint density at radius 1 is 1.06 bits per heavy atom. The summed E-state index contributed by atoms with van der Waals surface area (Å²) in [6.07, 6.45) is 4.26. The fourth-order valence-electron chi connectivity index (χ4n) is 3.60. The third kappa shape index (κ3) is 8.85. The first-order valence-electron chi connectivity index (χ1n) is 11.3. The van der Waals surface area contributed by atoms with Gasteiger partial charge in [-0.2, -0.15) is 0 Å². The van der Waals surface area contributed by atoms with Crippen LogP contribution in [0.3, 0.4) is 0 Å². The minimum Gasteiger partial charge on any atom is -0.493 e. The molecule has 1 fully saturated rings. The Labute approximate surface area is 214 Å². The van der Waals surface area contributed by atoms with Crippen LogP contribution in [0.2, 0.25) is 0 Å². The van der Waals surface area contributed by atoms with Crippen LogP contribution in [0.15, 0.2) is 53.5 Å². The molecule has 1 amide bonds. The number of guanidine groups is 1. The average Bonchev–Trinajstić information content (AvgIpc) is 2.85. The number of anilines is 1. The molecule has 0 aromatic heterocycles. The average molecular weight is 566 g/mol. The summed E-state index contributed by atoms with van der Waals surface area (Å²) in [5.41, 5.74) is 2.73. The van der Waals surface area contributed by atoms with Crippen LogP contribution in [0, 0.1) is 0 Å². The molecule has 3 rings (SSSR count). The Kier molecular flexibility index (Phi) is 12.0. The van der Waals surface area contributed by atoms with Crippen LogP contribution in [0.5, 0.6) is 5.75 Å². The summed E-state index contributed by atoms with van der Waals surface area (Å²) in [6, 6.07) is 15.6. The number of hydrogen-bond donors (Lipinski definition) is 2. The topological polar surface area (TPSA) is 75.2 Å². The smallest absolute Gasteiger partial charge is 0.253 e. The quantitative estimate of drug-likeness (QED) is 0.202. The molecular weight excluding hydrogens is 531 g/mol.